The van der Waals surface area contributed by atoms with Crippen LogP contribution in [0.1, 0.15) is 25.3 Å². The van der Waals surface area contributed by atoms with Crippen LogP contribution in [-0.2, 0) is 4.79 Å². The third kappa shape index (κ3) is 6.03. The highest BCUT2D eigenvalue weighted by molar-refractivity contribution is 5.94. The van der Waals surface area contributed by atoms with Gasteiger partial charge >= 0.3 is 6.18 Å². The standard InChI is InChI=1S/C14H19F3N2O2/c1-3-4-11(18)13(20)19-10-5-6-12(9(2)7-10)21-8-14(15,16)17/h5-7,11H,3-4,8,18H2,1-2H3,(H,19,20). The van der Waals surface area contributed by atoms with E-state index >= 15 is 0 Å². The molecule has 0 fully saturated rings. The average molecular weight is 304 g/mol. The fourth-order valence-corrected chi connectivity index (χ4v) is 1.73. The van der Waals surface area contributed by atoms with Crippen molar-refractivity contribution < 1.29 is 22.7 Å². The molecule has 0 spiro atoms. The molecule has 0 aliphatic rings. The predicted molar refractivity (Wildman–Crippen MR) is 74.2 cm³/mol. The number of rotatable bonds is 6. The van der Waals surface area contributed by atoms with Crippen molar-refractivity contribution in [2.45, 2.75) is 38.9 Å². The summed E-state index contributed by atoms with van der Waals surface area (Å²) in [4.78, 5) is 11.7. The Morgan fingerprint density at radius 3 is 2.62 bits per heavy atom. The molecule has 3 N–H and O–H groups in total. The zero-order valence-corrected chi connectivity index (χ0v) is 12.0. The molecule has 0 bridgehead atoms. The van der Waals surface area contributed by atoms with Crippen molar-refractivity contribution in [1.29, 1.82) is 0 Å². The number of nitrogens with two attached hydrogens (primary N) is 1. The summed E-state index contributed by atoms with van der Waals surface area (Å²) in [7, 11) is 0. The van der Waals surface area contributed by atoms with E-state index in [4.69, 9.17) is 5.73 Å². The fourth-order valence-electron chi connectivity index (χ4n) is 1.73. The van der Waals surface area contributed by atoms with Gasteiger partial charge in [0.2, 0.25) is 5.91 Å². The van der Waals surface area contributed by atoms with Gasteiger partial charge in [-0.1, -0.05) is 13.3 Å². The molecule has 1 unspecified atom stereocenters. The molecule has 0 saturated heterocycles. The van der Waals surface area contributed by atoms with Crippen LogP contribution in [0.4, 0.5) is 18.9 Å². The number of anilines is 1. The Morgan fingerprint density at radius 1 is 1.43 bits per heavy atom. The van der Waals surface area contributed by atoms with Gasteiger partial charge in [0.25, 0.3) is 0 Å². The summed E-state index contributed by atoms with van der Waals surface area (Å²) in [6, 6.07) is 3.82. The highest BCUT2D eigenvalue weighted by Crippen LogP contribution is 2.24. The summed E-state index contributed by atoms with van der Waals surface area (Å²) in [5, 5.41) is 2.63. The lowest BCUT2D eigenvalue weighted by Gasteiger charge is -2.14. The van der Waals surface area contributed by atoms with E-state index in [1.807, 2.05) is 6.92 Å². The number of nitrogens with one attached hydrogen (secondary N) is 1. The van der Waals surface area contributed by atoms with Gasteiger partial charge in [-0.3, -0.25) is 4.79 Å². The summed E-state index contributed by atoms with van der Waals surface area (Å²) in [5.74, 6) is -0.191. The maximum absolute atomic E-state index is 12.1. The zero-order chi connectivity index (χ0) is 16.0. The number of halogens is 3. The second-order valence-corrected chi connectivity index (χ2v) is 4.77. The van der Waals surface area contributed by atoms with Crippen LogP contribution in [0.15, 0.2) is 18.2 Å². The Kier molecular flexibility index (Phi) is 6.02. The van der Waals surface area contributed by atoms with E-state index in [2.05, 4.69) is 10.1 Å². The minimum atomic E-state index is -4.38. The van der Waals surface area contributed by atoms with Gasteiger partial charge in [0.15, 0.2) is 6.61 Å². The third-order valence-electron chi connectivity index (χ3n) is 2.77. The van der Waals surface area contributed by atoms with Crippen LogP contribution < -0.4 is 15.8 Å². The van der Waals surface area contributed by atoms with Crippen LogP contribution in [0.5, 0.6) is 5.75 Å². The smallest absolute Gasteiger partial charge is 0.422 e. The first kappa shape index (κ1) is 17.3. The van der Waals surface area contributed by atoms with Crippen molar-refractivity contribution in [2.24, 2.45) is 5.73 Å². The molecule has 21 heavy (non-hydrogen) atoms. The quantitative estimate of drug-likeness (QED) is 0.849. The summed E-state index contributed by atoms with van der Waals surface area (Å²) < 4.78 is 41.0. The molecule has 1 rings (SSSR count). The van der Waals surface area contributed by atoms with Crippen molar-refractivity contribution in [1.82, 2.24) is 0 Å². The first-order chi connectivity index (χ1) is 9.73. The number of aryl methyl sites for hydroxylation is 1. The number of benzene rings is 1. The van der Waals surface area contributed by atoms with Crippen LogP contribution in [0.2, 0.25) is 0 Å². The summed E-state index contributed by atoms with van der Waals surface area (Å²) in [6.07, 6.45) is -3.03. The second kappa shape index (κ2) is 7.31. The van der Waals surface area contributed by atoms with Crippen molar-refractivity contribution in [2.75, 3.05) is 11.9 Å². The Labute approximate surface area is 121 Å². The second-order valence-electron chi connectivity index (χ2n) is 4.77. The molecule has 1 aromatic carbocycles. The predicted octanol–water partition coefficient (Wildman–Crippen LogP) is 3.00. The molecule has 1 amide bonds. The highest BCUT2D eigenvalue weighted by atomic mass is 19.4. The van der Waals surface area contributed by atoms with E-state index in [1.165, 1.54) is 12.1 Å². The molecule has 0 radical (unpaired) electrons. The Bertz CT molecular complexity index is 490. The molecule has 1 atom stereocenters. The molecule has 7 heteroatoms. The van der Waals surface area contributed by atoms with Crippen molar-refractivity contribution in [3.63, 3.8) is 0 Å². The molecule has 4 nitrogen and oxygen atoms in total. The summed E-state index contributed by atoms with van der Waals surface area (Å²) >= 11 is 0. The topological polar surface area (TPSA) is 64.4 Å². The Hall–Kier alpha value is -1.76. The van der Waals surface area contributed by atoms with Crippen molar-refractivity contribution in [3.05, 3.63) is 23.8 Å². The lowest BCUT2D eigenvalue weighted by atomic mass is 10.1. The lowest BCUT2D eigenvalue weighted by Crippen LogP contribution is -2.35. The molecule has 118 valence electrons. The third-order valence-corrected chi connectivity index (χ3v) is 2.77. The maximum atomic E-state index is 12.1. The van der Waals surface area contributed by atoms with Crippen molar-refractivity contribution in [3.8, 4) is 5.75 Å². The molecule has 0 aliphatic carbocycles. The maximum Gasteiger partial charge on any atom is 0.422 e. The number of ether oxygens (including phenoxy) is 1. The molecular formula is C14H19F3N2O2. The first-order valence-corrected chi connectivity index (χ1v) is 6.59. The summed E-state index contributed by atoms with van der Waals surface area (Å²) in [5.41, 5.74) is 6.65. The number of hydrogen-bond donors (Lipinski definition) is 2. The van der Waals surface area contributed by atoms with Crippen LogP contribution in [0.25, 0.3) is 0 Å². The normalized spacial score (nSPS) is 12.9. The number of alkyl halides is 3. The first-order valence-electron chi connectivity index (χ1n) is 6.59. The minimum Gasteiger partial charge on any atom is -0.484 e. The molecular weight excluding hydrogens is 285 g/mol. The van der Waals surface area contributed by atoms with Crippen LogP contribution >= 0.6 is 0 Å². The van der Waals surface area contributed by atoms with Gasteiger partial charge in [-0.05, 0) is 37.1 Å². The molecule has 0 aromatic heterocycles. The zero-order valence-electron chi connectivity index (χ0n) is 12.0. The average Bonchev–Trinajstić information content (AvgIpc) is 2.36. The van der Waals surface area contributed by atoms with E-state index in [-0.39, 0.29) is 11.7 Å². The van der Waals surface area contributed by atoms with E-state index in [1.54, 1.807) is 13.0 Å². The summed E-state index contributed by atoms with van der Waals surface area (Å²) in [6.45, 7) is 2.18. The van der Waals surface area contributed by atoms with Crippen LogP contribution in [-0.4, -0.2) is 24.7 Å². The number of hydrogen-bond acceptors (Lipinski definition) is 3. The van der Waals surface area contributed by atoms with Crippen molar-refractivity contribution >= 4 is 11.6 Å². The van der Waals surface area contributed by atoms with E-state index < -0.39 is 18.8 Å². The monoisotopic (exact) mass is 304 g/mol. The Balaban J connectivity index is 2.67. The molecule has 1 aromatic rings. The SMILES string of the molecule is CCCC(N)C(=O)Nc1ccc(OCC(F)(F)F)c(C)c1. The number of carbonyl (C=O) groups excluding carboxylic acids is 1. The van der Waals surface area contributed by atoms with E-state index in [0.29, 0.717) is 17.7 Å². The van der Waals surface area contributed by atoms with Gasteiger partial charge in [0, 0.05) is 5.69 Å². The minimum absolute atomic E-state index is 0.128. The molecule has 0 saturated carbocycles. The number of amides is 1. The van der Waals surface area contributed by atoms with Gasteiger partial charge in [-0.2, -0.15) is 13.2 Å². The van der Waals surface area contributed by atoms with Gasteiger partial charge < -0.3 is 15.8 Å². The van der Waals surface area contributed by atoms with Crippen LogP contribution in [0, 0.1) is 6.92 Å². The largest absolute Gasteiger partial charge is 0.484 e. The number of carbonyl (C=O) groups is 1. The van der Waals surface area contributed by atoms with Gasteiger partial charge in [-0.25, -0.2) is 0 Å². The Morgan fingerprint density at radius 2 is 2.10 bits per heavy atom. The fraction of sp³-hybridized carbons (Fsp3) is 0.500. The van der Waals surface area contributed by atoms with Gasteiger partial charge in [0.05, 0.1) is 6.04 Å². The highest BCUT2D eigenvalue weighted by Gasteiger charge is 2.28. The van der Waals surface area contributed by atoms with E-state index in [9.17, 15) is 18.0 Å². The van der Waals surface area contributed by atoms with Crippen LogP contribution in [0.3, 0.4) is 0 Å². The lowest BCUT2D eigenvalue weighted by molar-refractivity contribution is -0.153. The molecule has 0 aliphatic heterocycles. The van der Waals surface area contributed by atoms with Gasteiger partial charge in [-0.15, -0.1) is 0 Å². The van der Waals surface area contributed by atoms with Gasteiger partial charge in [0.1, 0.15) is 5.75 Å². The van der Waals surface area contributed by atoms with E-state index in [0.717, 1.165) is 6.42 Å². The molecule has 0 heterocycles.